The van der Waals surface area contributed by atoms with Crippen molar-refractivity contribution in [2.75, 3.05) is 5.73 Å². The van der Waals surface area contributed by atoms with Crippen molar-refractivity contribution in [3.8, 4) is 0 Å². The van der Waals surface area contributed by atoms with Crippen LogP contribution in [-0.2, 0) is 15.0 Å². The van der Waals surface area contributed by atoms with Crippen LogP contribution in [0.3, 0.4) is 0 Å². The maximum atomic E-state index is 12.7. The molecule has 1 aliphatic rings. The molecule has 0 heterocycles. The van der Waals surface area contributed by atoms with E-state index in [1.54, 1.807) is 37.3 Å². The predicted octanol–water partition coefficient (Wildman–Crippen LogP) is 5.27. The fourth-order valence-corrected chi connectivity index (χ4v) is 4.30. The van der Waals surface area contributed by atoms with Gasteiger partial charge in [0.2, 0.25) is 0 Å². The van der Waals surface area contributed by atoms with E-state index in [9.17, 15) is 9.59 Å². The summed E-state index contributed by atoms with van der Waals surface area (Å²) in [5.74, 6) is -0.524. The molecule has 2 atom stereocenters. The van der Waals surface area contributed by atoms with E-state index >= 15 is 0 Å². The Morgan fingerprint density at radius 1 is 1.22 bits per heavy atom. The molecule has 0 fully saturated rings. The summed E-state index contributed by atoms with van der Waals surface area (Å²) >= 11 is 12.3. The van der Waals surface area contributed by atoms with Gasteiger partial charge in [0.25, 0.3) is 0 Å². The van der Waals surface area contributed by atoms with Gasteiger partial charge < -0.3 is 10.5 Å². The molecule has 0 aromatic heterocycles. The van der Waals surface area contributed by atoms with E-state index in [1.165, 1.54) is 6.08 Å². The number of carbonyl (C=O) groups excluding carboxylic acids is 2. The second-order valence-electron chi connectivity index (χ2n) is 6.83. The van der Waals surface area contributed by atoms with Crippen LogP contribution >= 0.6 is 23.2 Å². The SMILES string of the molecule is C=C(C)C1=CC(=O)C[C@@H](c2cccc(Cl)c2)[C@@]1(C=O)c1ccc(Cl)cc1N. The number of nitrogen functional groups attached to an aromatic ring is 1. The predicted molar refractivity (Wildman–Crippen MR) is 110 cm³/mol. The summed E-state index contributed by atoms with van der Waals surface area (Å²) in [6.45, 7) is 5.78. The third-order valence-corrected chi connectivity index (χ3v) is 5.53. The Kier molecular flexibility index (Phi) is 5.27. The molecule has 0 amide bonds. The van der Waals surface area contributed by atoms with E-state index in [2.05, 4.69) is 6.58 Å². The van der Waals surface area contributed by atoms with Crippen molar-refractivity contribution in [1.29, 1.82) is 0 Å². The maximum Gasteiger partial charge on any atom is 0.156 e. The van der Waals surface area contributed by atoms with E-state index in [0.29, 0.717) is 32.4 Å². The summed E-state index contributed by atoms with van der Waals surface area (Å²) < 4.78 is 0. The molecule has 2 N–H and O–H groups in total. The monoisotopic (exact) mass is 399 g/mol. The van der Waals surface area contributed by atoms with Crippen LogP contribution in [0.4, 0.5) is 5.69 Å². The van der Waals surface area contributed by atoms with Crippen molar-refractivity contribution in [2.45, 2.75) is 24.7 Å². The first kappa shape index (κ1) is 19.4. The quantitative estimate of drug-likeness (QED) is 0.562. The van der Waals surface area contributed by atoms with Crippen LogP contribution in [0, 0.1) is 0 Å². The lowest BCUT2D eigenvalue weighted by atomic mass is 9.58. The molecule has 2 aromatic carbocycles. The van der Waals surface area contributed by atoms with Gasteiger partial charge in [0.1, 0.15) is 6.29 Å². The number of hydrogen-bond acceptors (Lipinski definition) is 3. The molecule has 27 heavy (non-hydrogen) atoms. The first-order chi connectivity index (χ1) is 12.8. The zero-order chi connectivity index (χ0) is 19.8. The van der Waals surface area contributed by atoms with E-state index in [-0.39, 0.29) is 12.2 Å². The minimum atomic E-state index is -1.15. The average Bonchev–Trinajstić information content (AvgIpc) is 2.61. The molecule has 0 spiro atoms. The molecule has 1 aliphatic carbocycles. The van der Waals surface area contributed by atoms with Crippen LogP contribution in [-0.4, -0.2) is 12.1 Å². The number of benzene rings is 2. The first-order valence-electron chi connectivity index (χ1n) is 8.47. The highest BCUT2D eigenvalue weighted by molar-refractivity contribution is 6.31. The number of carbonyl (C=O) groups is 2. The smallest absolute Gasteiger partial charge is 0.156 e. The van der Waals surface area contributed by atoms with Gasteiger partial charge in [-0.1, -0.05) is 53.6 Å². The van der Waals surface area contributed by atoms with Crippen molar-refractivity contribution in [3.05, 3.63) is 87.4 Å². The van der Waals surface area contributed by atoms with Crippen LogP contribution < -0.4 is 5.73 Å². The zero-order valence-electron chi connectivity index (χ0n) is 14.8. The number of halogens is 2. The zero-order valence-corrected chi connectivity index (χ0v) is 16.3. The highest BCUT2D eigenvalue weighted by atomic mass is 35.5. The van der Waals surface area contributed by atoms with Gasteiger partial charge in [-0.15, -0.1) is 0 Å². The van der Waals surface area contributed by atoms with E-state index in [0.717, 1.165) is 11.8 Å². The van der Waals surface area contributed by atoms with E-state index in [1.807, 2.05) is 12.1 Å². The Morgan fingerprint density at radius 3 is 2.52 bits per heavy atom. The minimum Gasteiger partial charge on any atom is -0.398 e. The first-order valence-corrected chi connectivity index (χ1v) is 9.23. The number of nitrogens with two attached hydrogens (primary N) is 1. The summed E-state index contributed by atoms with van der Waals surface area (Å²) in [4.78, 5) is 25.2. The molecular formula is C22H19Cl2NO2. The molecule has 0 bridgehead atoms. The topological polar surface area (TPSA) is 60.2 Å². The summed E-state index contributed by atoms with van der Waals surface area (Å²) in [5, 5.41) is 1.01. The van der Waals surface area contributed by atoms with Gasteiger partial charge in [-0.2, -0.15) is 0 Å². The van der Waals surface area contributed by atoms with Gasteiger partial charge in [0.05, 0.1) is 5.41 Å². The van der Waals surface area contributed by atoms with Gasteiger partial charge in [-0.05, 0) is 54.0 Å². The lowest BCUT2D eigenvalue weighted by Gasteiger charge is -2.42. The molecule has 0 saturated heterocycles. The molecule has 0 saturated carbocycles. The Balaban J connectivity index is 2.37. The lowest BCUT2D eigenvalue weighted by molar-refractivity contribution is -0.117. The standard InChI is InChI=1S/C22H19Cl2NO2/c1-13(2)19-10-17(27)11-20(14-4-3-5-15(23)8-14)22(19,12-26)18-7-6-16(24)9-21(18)25/h3-10,12,20H,1,11,25H2,2H3/t20-,22-/m0/s1. The van der Waals surface area contributed by atoms with Crippen LogP contribution in [0.15, 0.2) is 66.3 Å². The molecule has 2 aromatic rings. The van der Waals surface area contributed by atoms with Crippen LogP contribution in [0.25, 0.3) is 0 Å². The average molecular weight is 400 g/mol. The van der Waals surface area contributed by atoms with Gasteiger partial charge in [0, 0.05) is 28.1 Å². The lowest BCUT2D eigenvalue weighted by Crippen LogP contribution is -2.42. The number of anilines is 1. The Bertz CT molecular complexity index is 980. The molecule has 138 valence electrons. The van der Waals surface area contributed by atoms with Crippen molar-refractivity contribution in [3.63, 3.8) is 0 Å². The normalized spacial score (nSPS) is 22.3. The molecule has 0 radical (unpaired) electrons. The van der Waals surface area contributed by atoms with Gasteiger partial charge >= 0.3 is 0 Å². The van der Waals surface area contributed by atoms with Gasteiger partial charge in [0.15, 0.2) is 5.78 Å². The highest BCUT2D eigenvalue weighted by Gasteiger charge is 2.49. The fraction of sp³-hybridized carbons (Fsp3) is 0.182. The molecule has 3 rings (SSSR count). The minimum absolute atomic E-state index is 0.0667. The maximum absolute atomic E-state index is 12.7. The van der Waals surface area contributed by atoms with Gasteiger partial charge in [-0.25, -0.2) is 0 Å². The van der Waals surface area contributed by atoms with Crippen LogP contribution in [0.2, 0.25) is 10.0 Å². The third-order valence-electron chi connectivity index (χ3n) is 5.06. The third kappa shape index (κ3) is 3.33. The fourth-order valence-electron chi connectivity index (χ4n) is 3.92. The second-order valence-corrected chi connectivity index (χ2v) is 7.71. The van der Waals surface area contributed by atoms with Crippen LogP contribution in [0.1, 0.15) is 30.4 Å². The number of ketones is 1. The second kappa shape index (κ2) is 7.34. The summed E-state index contributed by atoms with van der Waals surface area (Å²) in [6, 6.07) is 12.3. The Hall–Kier alpha value is -2.36. The summed E-state index contributed by atoms with van der Waals surface area (Å²) in [6.07, 6.45) is 2.54. The molecule has 5 heteroatoms. The van der Waals surface area contributed by atoms with Crippen molar-refractivity contribution in [2.24, 2.45) is 0 Å². The van der Waals surface area contributed by atoms with E-state index < -0.39 is 11.3 Å². The highest BCUT2D eigenvalue weighted by Crippen LogP contribution is 2.51. The van der Waals surface area contributed by atoms with Crippen LogP contribution in [0.5, 0.6) is 0 Å². The van der Waals surface area contributed by atoms with Crippen molar-refractivity contribution >= 4 is 41.0 Å². The molecule has 0 unspecified atom stereocenters. The van der Waals surface area contributed by atoms with Gasteiger partial charge in [-0.3, -0.25) is 4.79 Å². The van der Waals surface area contributed by atoms with Crippen molar-refractivity contribution in [1.82, 2.24) is 0 Å². The largest absolute Gasteiger partial charge is 0.398 e. The Labute approximate surface area is 168 Å². The van der Waals surface area contributed by atoms with E-state index in [4.69, 9.17) is 28.9 Å². The van der Waals surface area contributed by atoms with Crippen molar-refractivity contribution < 1.29 is 9.59 Å². The summed E-state index contributed by atoms with van der Waals surface area (Å²) in [7, 11) is 0. The molecular weight excluding hydrogens is 381 g/mol. The number of aldehydes is 1. The molecule has 3 nitrogen and oxygen atoms in total. The summed E-state index contributed by atoms with van der Waals surface area (Å²) in [5.41, 5.74) is 8.11. The Morgan fingerprint density at radius 2 is 1.93 bits per heavy atom. The number of hydrogen-bond donors (Lipinski definition) is 1. The number of rotatable bonds is 4. The molecule has 0 aliphatic heterocycles. The number of allylic oxidation sites excluding steroid dienone is 3.